The molecule has 13 heteroatoms. The Labute approximate surface area is 269 Å². The van der Waals surface area contributed by atoms with Gasteiger partial charge in [0.15, 0.2) is 5.69 Å². The number of hydrogen-bond donors (Lipinski definition) is 1. The van der Waals surface area contributed by atoms with Crippen LogP contribution in [0.5, 0.6) is 0 Å². The van der Waals surface area contributed by atoms with Gasteiger partial charge in [-0.1, -0.05) is 55.0 Å². The molecule has 12 nitrogen and oxygen atoms in total. The van der Waals surface area contributed by atoms with Crippen molar-refractivity contribution in [3.05, 3.63) is 36.0 Å². The summed E-state index contributed by atoms with van der Waals surface area (Å²) in [5.74, 6) is -1.27. The molecule has 2 aliphatic heterocycles. The van der Waals surface area contributed by atoms with E-state index in [1.54, 1.807) is 30.6 Å². The van der Waals surface area contributed by atoms with Crippen molar-refractivity contribution in [2.45, 2.75) is 65.0 Å². The van der Waals surface area contributed by atoms with Crippen molar-refractivity contribution in [2.75, 3.05) is 64.0 Å². The van der Waals surface area contributed by atoms with Crippen molar-refractivity contribution in [2.24, 2.45) is 0 Å². The van der Waals surface area contributed by atoms with E-state index in [9.17, 15) is 19.2 Å². The highest BCUT2D eigenvalue weighted by atomic mass is 32.1. The molecule has 0 bridgehead atoms. The second-order valence-electron chi connectivity index (χ2n) is 12.1. The molecular formula is C32H45N5O7S. The molecule has 0 unspecified atom stereocenters. The summed E-state index contributed by atoms with van der Waals surface area (Å²) < 4.78 is 16.3. The lowest BCUT2D eigenvalue weighted by molar-refractivity contribution is -0.155. The Morgan fingerprint density at radius 1 is 1.00 bits per heavy atom. The fourth-order valence-electron chi connectivity index (χ4n) is 5.01. The summed E-state index contributed by atoms with van der Waals surface area (Å²) in [6, 6.07) is 8.64. The number of nitrogens with zero attached hydrogens (tertiary/aromatic N) is 4. The van der Waals surface area contributed by atoms with E-state index < -0.39 is 29.6 Å². The van der Waals surface area contributed by atoms with Gasteiger partial charge in [-0.05, 0) is 33.6 Å². The number of unbranched alkanes of at least 4 members (excludes halogenated alkanes) is 1. The van der Waals surface area contributed by atoms with Gasteiger partial charge in [0.1, 0.15) is 21.7 Å². The molecular weight excluding hydrogens is 598 g/mol. The number of esters is 1. The highest BCUT2D eigenvalue weighted by Gasteiger charge is 2.33. The van der Waals surface area contributed by atoms with Gasteiger partial charge in [-0.25, -0.2) is 9.78 Å². The molecule has 3 amide bonds. The predicted octanol–water partition coefficient (Wildman–Crippen LogP) is 3.95. The predicted molar refractivity (Wildman–Crippen MR) is 171 cm³/mol. The Morgan fingerprint density at radius 2 is 1.67 bits per heavy atom. The second-order valence-corrected chi connectivity index (χ2v) is 13.0. The third-order valence-corrected chi connectivity index (χ3v) is 8.54. The van der Waals surface area contributed by atoms with Crippen LogP contribution in [0, 0.1) is 0 Å². The van der Waals surface area contributed by atoms with E-state index in [1.165, 1.54) is 11.3 Å². The molecule has 2 fully saturated rings. The number of rotatable bonds is 11. The summed E-state index contributed by atoms with van der Waals surface area (Å²) in [6.45, 7) is 11.2. The maximum Gasteiger partial charge on any atom is 0.409 e. The number of thiazole rings is 1. The lowest BCUT2D eigenvalue weighted by Gasteiger charge is -2.36. The molecule has 1 N–H and O–H groups in total. The van der Waals surface area contributed by atoms with E-state index >= 15 is 0 Å². The van der Waals surface area contributed by atoms with Crippen LogP contribution in [0.15, 0.2) is 30.3 Å². The van der Waals surface area contributed by atoms with Crippen molar-refractivity contribution in [3.63, 3.8) is 0 Å². The van der Waals surface area contributed by atoms with Gasteiger partial charge in [-0.15, -0.1) is 0 Å². The number of benzene rings is 1. The molecule has 2 aromatic rings. The average molecular weight is 644 g/mol. The van der Waals surface area contributed by atoms with Gasteiger partial charge in [0.25, 0.3) is 5.91 Å². The molecule has 1 aromatic carbocycles. The van der Waals surface area contributed by atoms with Gasteiger partial charge in [0, 0.05) is 51.3 Å². The number of carbonyl (C=O) groups is 4. The number of aromatic nitrogens is 1. The first-order chi connectivity index (χ1) is 21.6. The van der Waals surface area contributed by atoms with E-state index in [-0.39, 0.29) is 37.5 Å². The molecule has 4 rings (SSSR count). The maximum atomic E-state index is 13.9. The fraction of sp³-hybridized carbons (Fsp3) is 0.594. The van der Waals surface area contributed by atoms with Gasteiger partial charge in [-0.2, -0.15) is 0 Å². The summed E-state index contributed by atoms with van der Waals surface area (Å²) in [7, 11) is 0. The largest absolute Gasteiger partial charge is 0.460 e. The van der Waals surface area contributed by atoms with Gasteiger partial charge in [0.05, 0.1) is 19.8 Å². The zero-order valence-corrected chi connectivity index (χ0v) is 27.5. The minimum Gasteiger partial charge on any atom is -0.460 e. The Hall–Kier alpha value is -3.71. The molecule has 0 radical (unpaired) electrons. The van der Waals surface area contributed by atoms with Crippen LogP contribution in [0.2, 0.25) is 0 Å². The van der Waals surface area contributed by atoms with E-state index in [0.717, 1.165) is 18.4 Å². The van der Waals surface area contributed by atoms with Crippen molar-refractivity contribution in [1.29, 1.82) is 0 Å². The summed E-state index contributed by atoms with van der Waals surface area (Å²) in [5.41, 5.74) is 0.443. The molecule has 45 heavy (non-hydrogen) atoms. The number of ether oxygens (including phenoxy) is 3. The summed E-state index contributed by atoms with van der Waals surface area (Å²) in [5, 5.41) is 4.31. The van der Waals surface area contributed by atoms with Gasteiger partial charge in [0.2, 0.25) is 5.91 Å². The van der Waals surface area contributed by atoms with Gasteiger partial charge >= 0.3 is 12.1 Å². The topological polar surface area (TPSA) is 131 Å². The Balaban J connectivity index is 1.51. The molecule has 2 saturated heterocycles. The third-order valence-electron chi connectivity index (χ3n) is 7.38. The summed E-state index contributed by atoms with van der Waals surface area (Å²) in [6.07, 6.45) is 1.33. The number of nitrogens with one attached hydrogen (secondary N) is 1. The van der Waals surface area contributed by atoms with Gasteiger partial charge < -0.3 is 34.2 Å². The van der Waals surface area contributed by atoms with E-state index in [4.69, 9.17) is 19.2 Å². The molecule has 3 heterocycles. The lowest BCUT2D eigenvalue weighted by atomic mass is 10.1. The molecule has 1 atom stereocenters. The Kier molecular flexibility index (Phi) is 12.2. The van der Waals surface area contributed by atoms with Crippen molar-refractivity contribution in [1.82, 2.24) is 20.1 Å². The monoisotopic (exact) mass is 643 g/mol. The number of anilines is 1. The van der Waals surface area contributed by atoms with Crippen molar-refractivity contribution in [3.8, 4) is 10.6 Å². The minimum absolute atomic E-state index is 0.0552. The average Bonchev–Trinajstić information content (AvgIpc) is 3.49. The summed E-state index contributed by atoms with van der Waals surface area (Å²) in [4.78, 5) is 62.8. The fourth-order valence-corrected chi connectivity index (χ4v) is 6.13. The molecule has 1 aromatic heterocycles. The molecule has 2 aliphatic rings. The first kappa shape index (κ1) is 34.2. The van der Waals surface area contributed by atoms with Gasteiger partial charge in [-0.3, -0.25) is 14.4 Å². The van der Waals surface area contributed by atoms with E-state index in [1.807, 2.05) is 37.3 Å². The molecule has 246 valence electrons. The number of amides is 3. The van der Waals surface area contributed by atoms with Crippen molar-refractivity contribution < 1.29 is 33.4 Å². The second kappa shape index (κ2) is 16.0. The number of piperazine rings is 1. The molecule has 0 aliphatic carbocycles. The Morgan fingerprint density at radius 3 is 2.31 bits per heavy atom. The number of morpholine rings is 1. The van der Waals surface area contributed by atoms with Crippen LogP contribution in [0.4, 0.5) is 9.80 Å². The lowest BCUT2D eigenvalue weighted by Crippen LogP contribution is -2.56. The Bertz CT molecular complexity index is 1300. The number of carbonyl (C=O) groups excluding carboxylic acids is 4. The first-order valence-electron chi connectivity index (χ1n) is 15.7. The van der Waals surface area contributed by atoms with Crippen molar-refractivity contribution >= 4 is 40.2 Å². The maximum absolute atomic E-state index is 13.9. The van der Waals surface area contributed by atoms with Crippen LogP contribution >= 0.6 is 11.3 Å². The normalized spacial score (nSPS) is 16.2. The third kappa shape index (κ3) is 9.89. The summed E-state index contributed by atoms with van der Waals surface area (Å²) >= 11 is 1.43. The highest BCUT2D eigenvalue weighted by molar-refractivity contribution is 7.19. The van der Waals surface area contributed by atoms with Crippen LogP contribution < -0.4 is 10.2 Å². The molecule has 0 spiro atoms. The smallest absolute Gasteiger partial charge is 0.409 e. The van der Waals surface area contributed by atoms with Crippen LogP contribution in [0.3, 0.4) is 0 Å². The van der Waals surface area contributed by atoms with E-state index in [0.29, 0.717) is 56.0 Å². The van der Waals surface area contributed by atoms with E-state index in [2.05, 4.69) is 10.2 Å². The SMILES string of the molecule is CCCCOC(=O)N1CCN(C(=O)[C@H](CCC(=O)OC(C)(C)C)NC(=O)c2nc(-c3ccccc3)sc2N2CCOCC2)CC1. The van der Waals surface area contributed by atoms with Crippen LogP contribution in [-0.2, 0) is 23.8 Å². The van der Waals surface area contributed by atoms with Crippen LogP contribution in [0.25, 0.3) is 10.6 Å². The first-order valence-corrected chi connectivity index (χ1v) is 16.5. The highest BCUT2D eigenvalue weighted by Crippen LogP contribution is 2.35. The van der Waals surface area contributed by atoms with Crippen LogP contribution in [0.1, 0.15) is 63.9 Å². The quantitative estimate of drug-likeness (QED) is 0.286. The number of hydrogen-bond acceptors (Lipinski definition) is 10. The minimum atomic E-state index is -0.993. The zero-order valence-electron chi connectivity index (χ0n) is 26.7. The van der Waals surface area contributed by atoms with Crippen LogP contribution in [-0.4, -0.2) is 109 Å². The standard InChI is InChI=1S/C32H45N5O7S/c1-5-6-20-43-31(41)37-16-14-35(15-17-37)29(40)24(12-13-25(38)44-32(2,3)4)33-27(39)26-30(36-18-21-42-22-19-36)45-28(34-26)23-10-8-7-9-11-23/h7-11,24H,5-6,12-22H2,1-4H3,(H,33,39)/t24-/m0/s1. The zero-order chi connectivity index (χ0) is 32.4. The molecule has 0 saturated carbocycles.